The topological polar surface area (TPSA) is 85.0 Å². The number of fused-ring (bicyclic) bond motifs is 2. The third-order valence-electron chi connectivity index (χ3n) is 6.17. The van der Waals surface area contributed by atoms with Crippen LogP contribution in [0, 0.1) is 0 Å². The van der Waals surface area contributed by atoms with E-state index in [1.165, 1.54) is 5.69 Å². The van der Waals surface area contributed by atoms with E-state index < -0.39 is 12.0 Å². The van der Waals surface area contributed by atoms with Crippen molar-refractivity contribution in [1.82, 2.24) is 34.7 Å². The molecule has 1 atom stereocenters. The molecule has 4 aromatic heterocycles. The monoisotopic (exact) mass is 436 g/mol. The molecular weight excluding hydrogens is 414 g/mol. The largest absolute Gasteiger partial charge is 0.360 e. The summed E-state index contributed by atoms with van der Waals surface area (Å²) in [4.78, 5) is 9.02. The summed E-state index contributed by atoms with van der Waals surface area (Å²) in [5.41, 5.74) is 5.06. The summed E-state index contributed by atoms with van der Waals surface area (Å²) in [6, 6.07) is 8.20. The summed E-state index contributed by atoms with van der Waals surface area (Å²) in [5, 5.41) is 14.9. The van der Waals surface area contributed by atoms with Gasteiger partial charge in [0, 0.05) is 24.3 Å². The Balaban J connectivity index is 1.36. The van der Waals surface area contributed by atoms with Crippen LogP contribution in [0.1, 0.15) is 18.5 Å². The fraction of sp³-hybridized carbons (Fsp3) is 0.364. The van der Waals surface area contributed by atoms with Gasteiger partial charge in [-0.3, -0.25) is 4.68 Å². The van der Waals surface area contributed by atoms with Gasteiger partial charge in [-0.15, -0.1) is 0 Å². The SMILES string of the molecule is FC1(F)CNCC1Nc1cccc(-c2cnc3ccc(-c4cnn5c4CCCC5)nn23)n1. The summed E-state index contributed by atoms with van der Waals surface area (Å²) in [6.07, 6.45) is 6.87. The summed E-state index contributed by atoms with van der Waals surface area (Å²) >= 11 is 0. The van der Waals surface area contributed by atoms with E-state index in [2.05, 4.69) is 30.4 Å². The average molecular weight is 436 g/mol. The van der Waals surface area contributed by atoms with Gasteiger partial charge in [-0.25, -0.2) is 23.3 Å². The van der Waals surface area contributed by atoms with Crippen molar-refractivity contribution in [1.29, 1.82) is 0 Å². The summed E-state index contributed by atoms with van der Waals surface area (Å²) in [7, 11) is 0. The first-order valence-corrected chi connectivity index (χ1v) is 10.8. The number of imidazole rings is 1. The predicted molar refractivity (Wildman–Crippen MR) is 116 cm³/mol. The van der Waals surface area contributed by atoms with Gasteiger partial charge in [-0.2, -0.15) is 10.2 Å². The van der Waals surface area contributed by atoms with Crippen LogP contribution in [0.15, 0.2) is 42.7 Å². The highest BCUT2D eigenvalue weighted by Crippen LogP contribution is 2.29. The zero-order chi connectivity index (χ0) is 21.7. The lowest BCUT2D eigenvalue weighted by molar-refractivity contribution is 0.0138. The van der Waals surface area contributed by atoms with Crippen LogP contribution >= 0.6 is 0 Å². The van der Waals surface area contributed by atoms with Crippen molar-refractivity contribution in [2.24, 2.45) is 0 Å². The maximum atomic E-state index is 14.0. The minimum Gasteiger partial charge on any atom is -0.360 e. The molecule has 2 aliphatic heterocycles. The number of alkyl halides is 2. The Morgan fingerprint density at radius 3 is 2.91 bits per heavy atom. The smallest absolute Gasteiger partial charge is 0.281 e. The van der Waals surface area contributed by atoms with Gasteiger partial charge in [0.15, 0.2) is 5.65 Å². The molecule has 164 valence electrons. The van der Waals surface area contributed by atoms with Crippen molar-refractivity contribution in [2.75, 3.05) is 18.4 Å². The standard InChI is InChI=1S/C22H22F2N8/c23-22(24)13-25-12-19(22)29-20-6-3-4-16(28-20)18-11-26-21-8-7-15(30-32(18)21)14-10-27-31-9-2-1-5-17(14)31/h3-4,6-8,10-11,19,25H,1-2,5,9,12-13H2,(H,28,29). The molecule has 1 saturated heterocycles. The molecule has 0 aliphatic carbocycles. The van der Waals surface area contributed by atoms with Crippen LogP contribution in [0.5, 0.6) is 0 Å². The lowest BCUT2D eigenvalue weighted by atomic mass is 10.0. The molecule has 2 aliphatic rings. The van der Waals surface area contributed by atoms with Crippen molar-refractivity contribution in [2.45, 2.75) is 37.8 Å². The van der Waals surface area contributed by atoms with E-state index in [9.17, 15) is 8.78 Å². The zero-order valence-corrected chi connectivity index (χ0v) is 17.3. The quantitative estimate of drug-likeness (QED) is 0.512. The van der Waals surface area contributed by atoms with Crippen molar-refractivity contribution in [3.05, 3.63) is 48.4 Å². The second-order valence-corrected chi connectivity index (χ2v) is 8.31. The molecule has 10 heteroatoms. The van der Waals surface area contributed by atoms with Gasteiger partial charge in [0.2, 0.25) is 0 Å². The molecule has 0 aromatic carbocycles. The third-order valence-corrected chi connectivity index (χ3v) is 6.17. The van der Waals surface area contributed by atoms with Crippen LogP contribution < -0.4 is 10.6 Å². The Morgan fingerprint density at radius 2 is 2.03 bits per heavy atom. The fourth-order valence-electron chi connectivity index (χ4n) is 4.48. The molecule has 0 spiro atoms. The van der Waals surface area contributed by atoms with Crippen molar-refractivity contribution < 1.29 is 8.78 Å². The number of aromatic nitrogens is 6. The van der Waals surface area contributed by atoms with Crippen LogP contribution in [0.4, 0.5) is 14.6 Å². The molecule has 1 fully saturated rings. The Labute approximate surface area is 182 Å². The highest BCUT2D eigenvalue weighted by atomic mass is 19.3. The average Bonchev–Trinajstić information content (AvgIpc) is 3.50. The molecule has 6 heterocycles. The number of nitrogens with one attached hydrogen (secondary N) is 2. The first-order chi connectivity index (χ1) is 15.6. The van der Waals surface area contributed by atoms with E-state index in [0.717, 1.165) is 37.1 Å². The highest BCUT2D eigenvalue weighted by Gasteiger charge is 2.44. The van der Waals surface area contributed by atoms with E-state index in [1.807, 2.05) is 24.4 Å². The maximum absolute atomic E-state index is 14.0. The van der Waals surface area contributed by atoms with Crippen molar-refractivity contribution >= 4 is 11.5 Å². The van der Waals surface area contributed by atoms with Crippen LogP contribution in [-0.2, 0) is 13.0 Å². The molecule has 8 nitrogen and oxygen atoms in total. The minimum absolute atomic E-state index is 0.190. The van der Waals surface area contributed by atoms with Gasteiger partial charge in [0.25, 0.3) is 5.92 Å². The molecule has 1 unspecified atom stereocenters. The number of halogens is 2. The predicted octanol–water partition coefficient (Wildman–Crippen LogP) is 3.01. The molecule has 0 bridgehead atoms. The number of rotatable bonds is 4. The molecule has 4 aromatic rings. The van der Waals surface area contributed by atoms with Crippen LogP contribution in [0.2, 0.25) is 0 Å². The number of pyridine rings is 1. The van der Waals surface area contributed by atoms with Crippen LogP contribution in [0.25, 0.3) is 28.3 Å². The first-order valence-electron chi connectivity index (χ1n) is 10.8. The number of aryl methyl sites for hydroxylation is 1. The third kappa shape index (κ3) is 3.22. The van der Waals surface area contributed by atoms with Gasteiger partial charge in [-0.1, -0.05) is 6.07 Å². The number of anilines is 1. The van der Waals surface area contributed by atoms with E-state index in [1.54, 1.807) is 22.8 Å². The van der Waals surface area contributed by atoms with Crippen molar-refractivity contribution in [3.8, 4) is 22.6 Å². The lowest BCUT2D eigenvalue weighted by Crippen LogP contribution is -2.38. The van der Waals surface area contributed by atoms with Gasteiger partial charge < -0.3 is 10.6 Å². The molecular formula is C22H22F2N8. The minimum atomic E-state index is -2.82. The molecule has 0 amide bonds. The molecule has 2 N–H and O–H groups in total. The fourth-order valence-corrected chi connectivity index (χ4v) is 4.48. The molecule has 0 radical (unpaired) electrons. The van der Waals surface area contributed by atoms with Crippen LogP contribution in [0.3, 0.4) is 0 Å². The second kappa shape index (κ2) is 7.33. The summed E-state index contributed by atoms with van der Waals surface area (Å²) in [6.45, 7) is 0.797. The Kier molecular flexibility index (Phi) is 4.42. The van der Waals surface area contributed by atoms with Crippen molar-refractivity contribution in [3.63, 3.8) is 0 Å². The first kappa shape index (κ1) is 19.3. The maximum Gasteiger partial charge on any atom is 0.281 e. The van der Waals surface area contributed by atoms with Gasteiger partial charge >= 0.3 is 0 Å². The Bertz CT molecular complexity index is 1290. The van der Waals surface area contributed by atoms with Crippen LogP contribution in [-0.4, -0.2) is 54.4 Å². The van der Waals surface area contributed by atoms with Gasteiger partial charge in [-0.05, 0) is 43.5 Å². The van der Waals surface area contributed by atoms with Gasteiger partial charge in [0.1, 0.15) is 17.6 Å². The molecule has 6 rings (SSSR count). The number of hydrogen-bond donors (Lipinski definition) is 2. The van der Waals surface area contributed by atoms with E-state index in [0.29, 0.717) is 22.9 Å². The second-order valence-electron chi connectivity index (χ2n) is 8.31. The molecule has 32 heavy (non-hydrogen) atoms. The number of hydrogen-bond acceptors (Lipinski definition) is 6. The summed E-state index contributed by atoms with van der Waals surface area (Å²) in [5.74, 6) is -2.42. The van der Waals surface area contributed by atoms with E-state index in [-0.39, 0.29) is 13.1 Å². The summed E-state index contributed by atoms with van der Waals surface area (Å²) < 4.78 is 31.8. The number of nitrogens with zero attached hydrogens (tertiary/aromatic N) is 6. The lowest BCUT2D eigenvalue weighted by Gasteiger charge is -2.19. The normalized spacial score (nSPS) is 19.9. The molecule has 0 saturated carbocycles. The Morgan fingerprint density at radius 1 is 1.09 bits per heavy atom. The van der Waals surface area contributed by atoms with Gasteiger partial charge in [0.05, 0.1) is 30.3 Å². The zero-order valence-electron chi connectivity index (χ0n) is 17.3. The van der Waals surface area contributed by atoms with E-state index >= 15 is 0 Å². The Hall–Kier alpha value is -3.40. The highest BCUT2D eigenvalue weighted by molar-refractivity contribution is 5.66. The van der Waals surface area contributed by atoms with E-state index in [4.69, 9.17) is 5.10 Å².